The highest BCUT2D eigenvalue weighted by Crippen LogP contribution is 2.30. The third-order valence-electron chi connectivity index (χ3n) is 2.81. The molecule has 0 saturated heterocycles. The Balaban J connectivity index is 2.94. The summed E-state index contributed by atoms with van der Waals surface area (Å²) in [7, 11) is 0. The van der Waals surface area contributed by atoms with E-state index < -0.39 is 0 Å². The molecule has 1 aromatic rings. The molecule has 1 atom stereocenters. The second-order valence-corrected chi connectivity index (χ2v) is 5.52. The van der Waals surface area contributed by atoms with Crippen molar-refractivity contribution in [3.8, 4) is 0 Å². The lowest BCUT2D eigenvalue weighted by atomic mass is 10.1. The Morgan fingerprint density at radius 3 is 2.78 bits per heavy atom. The zero-order valence-corrected chi connectivity index (χ0v) is 12.1. The molecule has 0 aliphatic carbocycles. The van der Waals surface area contributed by atoms with E-state index in [0.29, 0.717) is 11.3 Å². The van der Waals surface area contributed by atoms with Crippen molar-refractivity contribution in [1.29, 1.82) is 0 Å². The van der Waals surface area contributed by atoms with Gasteiger partial charge in [-0.2, -0.15) is 0 Å². The molecule has 1 aromatic carbocycles. The standard InChI is InChI=1S/C14H22FNOS/c1-4-5-16-11(3)12-9-13(15)10(2)8-14(12)18-7-6-17/h8-9,11,16-17H,4-7H2,1-3H3. The van der Waals surface area contributed by atoms with Crippen LogP contribution in [-0.4, -0.2) is 24.0 Å². The Bertz CT molecular complexity index is 384. The van der Waals surface area contributed by atoms with Gasteiger partial charge < -0.3 is 10.4 Å². The van der Waals surface area contributed by atoms with E-state index in [9.17, 15) is 4.39 Å². The molecular formula is C14H22FNOS. The minimum Gasteiger partial charge on any atom is -0.396 e. The van der Waals surface area contributed by atoms with Gasteiger partial charge in [0.1, 0.15) is 5.82 Å². The number of hydrogen-bond donors (Lipinski definition) is 2. The molecule has 2 nitrogen and oxygen atoms in total. The highest BCUT2D eigenvalue weighted by atomic mass is 32.2. The summed E-state index contributed by atoms with van der Waals surface area (Å²) in [5, 5.41) is 12.3. The average molecular weight is 271 g/mol. The van der Waals surface area contributed by atoms with E-state index in [1.54, 1.807) is 24.8 Å². The van der Waals surface area contributed by atoms with Crippen molar-refractivity contribution in [2.24, 2.45) is 0 Å². The predicted molar refractivity (Wildman–Crippen MR) is 75.7 cm³/mol. The molecule has 102 valence electrons. The lowest BCUT2D eigenvalue weighted by Crippen LogP contribution is -2.20. The van der Waals surface area contributed by atoms with Gasteiger partial charge in [0.15, 0.2) is 0 Å². The molecule has 18 heavy (non-hydrogen) atoms. The number of rotatable bonds is 7. The van der Waals surface area contributed by atoms with E-state index in [2.05, 4.69) is 12.2 Å². The SMILES string of the molecule is CCCNC(C)c1cc(F)c(C)cc1SCCO. The van der Waals surface area contributed by atoms with E-state index in [1.807, 2.05) is 13.0 Å². The second-order valence-electron chi connectivity index (χ2n) is 4.39. The Morgan fingerprint density at radius 2 is 2.17 bits per heavy atom. The van der Waals surface area contributed by atoms with Crippen LogP contribution < -0.4 is 5.32 Å². The van der Waals surface area contributed by atoms with Crippen molar-refractivity contribution in [2.75, 3.05) is 18.9 Å². The number of aliphatic hydroxyl groups excluding tert-OH is 1. The maximum absolute atomic E-state index is 13.7. The highest BCUT2D eigenvalue weighted by Gasteiger charge is 2.13. The van der Waals surface area contributed by atoms with Crippen LogP contribution in [0.25, 0.3) is 0 Å². The minimum absolute atomic E-state index is 0.126. The summed E-state index contributed by atoms with van der Waals surface area (Å²) >= 11 is 1.58. The van der Waals surface area contributed by atoms with E-state index in [0.717, 1.165) is 23.4 Å². The third kappa shape index (κ3) is 4.26. The second kappa shape index (κ2) is 7.77. The van der Waals surface area contributed by atoms with E-state index >= 15 is 0 Å². The number of hydrogen-bond acceptors (Lipinski definition) is 3. The van der Waals surface area contributed by atoms with Gasteiger partial charge >= 0.3 is 0 Å². The topological polar surface area (TPSA) is 32.3 Å². The van der Waals surface area contributed by atoms with Gasteiger partial charge in [0, 0.05) is 16.7 Å². The Hall–Kier alpha value is -0.580. The zero-order chi connectivity index (χ0) is 13.5. The largest absolute Gasteiger partial charge is 0.396 e. The lowest BCUT2D eigenvalue weighted by molar-refractivity contribution is 0.322. The molecule has 0 aromatic heterocycles. The van der Waals surface area contributed by atoms with Crippen molar-refractivity contribution < 1.29 is 9.50 Å². The molecule has 0 bridgehead atoms. The van der Waals surface area contributed by atoms with Gasteiger partial charge in [0.2, 0.25) is 0 Å². The molecule has 1 rings (SSSR count). The van der Waals surface area contributed by atoms with E-state index in [-0.39, 0.29) is 18.5 Å². The summed E-state index contributed by atoms with van der Waals surface area (Å²) in [5.74, 6) is 0.474. The number of thioether (sulfide) groups is 1. The fourth-order valence-corrected chi connectivity index (χ4v) is 2.73. The quantitative estimate of drug-likeness (QED) is 0.746. The summed E-state index contributed by atoms with van der Waals surface area (Å²) in [4.78, 5) is 1.05. The third-order valence-corrected chi connectivity index (χ3v) is 3.86. The lowest BCUT2D eigenvalue weighted by Gasteiger charge is -2.18. The fourth-order valence-electron chi connectivity index (χ4n) is 1.76. The van der Waals surface area contributed by atoms with Gasteiger partial charge in [-0.25, -0.2) is 4.39 Å². The maximum atomic E-state index is 13.7. The van der Waals surface area contributed by atoms with Gasteiger partial charge in [-0.05, 0) is 50.1 Å². The average Bonchev–Trinajstić information content (AvgIpc) is 2.36. The summed E-state index contributed by atoms with van der Waals surface area (Å²) in [6, 6.07) is 3.61. The van der Waals surface area contributed by atoms with E-state index in [4.69, 9.17) is 5.11 Å². The molecule has 0 aliphatic heterocycles. The Kier molecular flexibility index (Phi) is 6.68. The Morgan fingerprint density at radius 1 is 1.44 bits per heavy atom. The van der Waals surface area contributed by atoms with Crippen LogP contribution in [0.4, 0.5) is 4.39 Å². The first-order chi connectivity index (χ1) is 8.60. The van der Waals surface area contributed by atoms with Gasteiger partial charge in [-0.15, -0.1) is 11.8 Å². The molecule has 0 fully saturated rings. The van der Waals surface area contributed by atoms with Crippen LogP contribution in [0.2, 0.25) is 0 Å². The fraction of sp³-hybridized carbons (Fsp3) is 0.571. The first-order valence-electron chi connectivity index (χ1n) is 6.37. The van der Waals surface area contributed by atoms with Crippen LogP contribution in [0.3, 0.4) is 0 Å². The molecule has 1 unspecified atom stereocenters. The molecule has 0 amide bonds. The number of aryl methyl sites for hydroxylation is 1. The summed E-state index contributed by atoms with van der Waals surface area (Å²) < 4.78 is 13.7. The molecule has 4 heteroatoms. The van der Waals surface area contributed by atoms with Crippen LogP contribution in [0.15, 0.2) is 17.0 Å². The van der Waals surface area contributed by atoms with Gasteiger partial charge in [-0.1, -0.05) is 6.92 Å². The normalized spacial score (nSPS) is 12.7. The summed E-state index contributed by atoms with van der Waals surface area (Å²) in [6.45, 7) is 6.98. The first kappa shape index (κ1) is 15.5. The highest BCUT2D eigenvalue weighted by molar-refractivity contribution is 7.99. The van der Waals surface area contributed by atoms with Crippen molar-refractivity contribution >= 4 is 11.8 Å². The molecule has 2 N–H and O–H groups in total. The van der Waals surface area contributed by atoms with Crippen molar-refractivity contribution in [3.05, 3.63) is 29.1 Å². The van der Waals surface area contributed by atoms with Crippen LogP contribution in [0, 0.1) is 12.7 Å². The Labute approximate surface area is 113 Å². The van der Waals surface area contributed by atoms with Crippen LogP contribution in [0.5, 0.6) is 0 Å². The molecule has 0 aliphatic rings. The number of halogens is 1. The van der Waals surface area contributed by atoms with Gasteiger partial charge in [-0.3, -0.25) is 0 Å². The minimum atomic E-state index is -0.163. The maximum Gasteiger partial charge on any atom is 0.126 e. The molecular weight excluding hydrogens is 249 g/mol. The number of nitrogens with one attached hydrogen (secondary N) is 1. The van der Waals surface area contributed by atoms with Gasteiger partial charge in [0.05, 0.1) is 6.61 Å². The molecule has 0 radical (unpaired) electrons. The van der Waals surface area contributed by atoms with Crippen LogP contribution in [-0.2, 0) is 0 Å². The summed E-state index contributed by atoms with van der Waals surface area (Å²) in [5.41, 5.74) is 1.63. The van der Waals surface area contributed by atoms with E-state index in [1.165, 1.54) is 0 Å². The summed E-state index contributed by atoms with van der Waals surface area (Å²) in [6.07, 6.45) is 1.05. The molecule has 0 spiro atoms. The van der Waals surface area contributed by atoms with Crippen molar-refractivity contribution in [1.82, 2.24) is 5.32 Å². The van der Waals surface area contributed by atoms with Crippen molar-refractivity contribution in [2.45, 2.75) is 38.1 Å². The van der Waals surface area contributed by atoms with Gasteiger partial charge in [0.25, 0.3) is 0 Å². The number of aliphatic hydroxyl groups is 1. The molecule has 0 saturated carbocycles. The predicted octanol–water partition coefficient (Wildman–Crippen LogP) is 3.28. The van der Waals surface area contributed by atoms with Crippen LogP contribution >= 0.6 is 11.8 Å². The van der Waals surface area contributed by atoms with Crippen LogP contribution in [0.1, 0.15) is 37.4 Å². The monoisotopic (exact) mass is 271 g/mol. The smallest absolute Gasteiger partial charge is 0.126 e. The molecule has 0 heterocycles. The first-order valence-corrected chi connectivity index (χ1v) is 7.35. The zero-order valence-electron chi connectivity index (χ0n) is 11.3. The number of benzene rings is 1. The van der Waals surface area contributed by atoms with Crippen molar-refractivity contribution in [3.63, 3.8) is 0 Å².